The molecule has 3 N–H and O–H groups in total. The highest BCUT2D eigenvalue weighted by Gasteiger charge is 2.09. The van der Waals surface area contributed by atoms with Crippen LogP contribution < -0.4 is 5.32 Å². The Bertz CT molecular complexity index is 865. The molecule has 6 nitrogen and oxygen atoms in total. The van der Waals surface area contributed by atoms with Crippen molar-refractivity contribution in [1.29, 1.82) is 0 Å². The van der Waals surface area contributed by atoms with E-state index in [0.29, 0.717) is 6.54 Å². The highest BCUT2D eigenvalue weighted by Crippen LogP contribution is 2.28. The van der Waals surface area contributed by atoms with Crippen LogP contribution >= 0.6 is 23.5 Å². The highest BCUT2D eigenvalue weighted by molar-refractivity contribution is 7.99. The molecule has 0 fully saturated rings. The molecular weight excluding hydrogens is 368 g/mol. The molecule has 2 heterocycles. The van der Waals surface area contributed by atoms with Crippen LogP contribution in [0.1, 0.15) is 11.3 Å². The van der Waals surface area contributed by atoms with Crippen molar-refractivity contribution >= 4 is 40.5 Å². The third-order valence-corrected chi connectivity index (χ3v) is 5.83. The summed E-state index contributed by atoms with van der Waals surface area (Å²) in [6.45, 7) is 2.73. The van der Waals surface area contributed by atoms with Crippen LogP contribution in [0.3, 0.4) is 0 Å². The number of aromatic amines is 1. The Morgan fingerprint density at radius 1 is 1.27 bits per heavy atom. The zero-order valence-corrected chi connectivity index (χ0v) is 16.0. The Morgan fingerprint density at radius 3 is 2.92 bits per heavy atom. The van der Waals surface area contributed by atoms with Crippen molar-refractivity contribution in [1.82, 2.24) is 20.3 Å². The first-order valence-electron chi connectivity index (χ1n) is 8.21. The van der Waals surface area contributed by atoms with Crippen LogP contribution in [0.25, 0.3) is 11.0 Å². The number of rotatable bonds is 9. The van der Waals surface area contributed by atoms with Gasteiger partial charge in [-0.25, -0.2) is 4.98 Å². The Kier molecular flexibility index (Phi) is 6.54. The number of carboxylic acid groups (broad SMARTS) is 1. The molecule has 0 unspecified atom stereocenters. The number of aromatic nitrogens is 3. The van der Waals surface area contributed by atoms with Gasteiger partial charge < -0.3 is 15.4 Å². The number of nitrogens with zero attached hydrogens (tertiary/aromatic N) is 2. The van der Waals surface area contributed by atoms with E-state index < -0.39 is 5.97 Å². The Balaban J connectivity index is 1.57. The number of imidazole rings is 1. The van der Waals surface area contributed by atoms with Crippen molar-refractivity contribution in [2.75, 3.05) is 18.8 Å². The van der Waals surface area contributed by atoms with E-state index in [1.54, 1.807) is 23.5 Å². The summed E-state index contributed by atoms with van der Waals surface area (Å²) >= 11 is 3.35. The average Bonchev–Trinajstić information content (AvgIpc) is 3.04. The summed E-state index contributed by atoms with van der Waals surface area (Å²) in [5, 5.41) is 12.4. The fourth-order valence-corrected chi connectivity index (χ4v) is 4.29. The number of hydrogen-bond acceptors (Lipinski definition) is 6. The van der Waals surface area contributed by atoms with Gasteiger partial charge in [0.15, 0.2) is 5.16 Å². The predicted octanol–water partition coefficient (Wildman–Crippen LogP) is 3.32. The molecule has 0 bridgehead atoms. The van der Waals surface area contributed by atoms with Gasteiger partial charge in [-0.05, 0) is 30.7 Å². The standard InChI is InChI=1S/C18H20N4O2S2/c1-12-15(11-26-18-21-13-4-2-3-5-14(13)22-18)20-7-6-16(12)25-9-8-19-10-17(23)24/h2-7,19H,8-11H2,1H3,(H,21,22)(H,23,24). The number of carboxylic acids is 1. The van der Waals surface area contributed by atoms with Crippen LogP contribution in [0, 0.1) is 6.92 Å². The first kappa shape index (κ1) is 18.8. The van der Waals surface area contributed by atoms with Crippen LogP contribution in [-0.4, -0.2) is 44.9 Å². The molecule has 1 aromatic carbocycles. The van der Waals surface area contributed by atoms with Crippen LogP contribution in [-0.2, 0) is 10.5 Å². The lowest BCUT2D eigenvalue weighted by atomic mass is 10.2. The van der Waals surface area contributed by atoms with Crippen molar-refractivity contribution in [3.63, 3.8) is 0 Å². The van der Waals surface area contributed by atoms with E-state index in [2.05, 4.69) is 27.2 Å². The van der Waals surface area contributed by atoms with Crippen LogP contribution in [0.2, 0.25) is 0 Å². The Morgan fingerprint density at radius 2 is 2.12 bits per heavy atom. The highest BCUT2D eigenvalue weighted by atomic mass is 32.2. The van der Waals surface area contributed by atoms with E-state index in [1.165, 1.54) is 10.5 Å². The summed E-state index contributed by atoms with van der Waals surface area (Å²) in [7, 11) is 0. The van der Waals surface area contributed by atoms with E-state index in [1.807, 2.05) is 36.5 Å². The lowest BCUT2D eigenvalue weighted by Gasteiger charge is -2.09. The van der Waals surface area contributed by atoms with Gasteiger partial charge in [0.2, 0.25) is 0 Å². The van der Waals surface area contributed by atoms with Crippen LogP contribution in [0.15, 0.2) is 46.6 Å². The second kappa shape index (κ2) is 9.07. The van der Waals surface area contributed by atoms with Gasteiger partial charge in [-0.3, -0.25) is 9.78 Å². The number of nitrogens with one attached hydrogen (secondary N) is 2. The maximum absolute atomic E-state index is 10.5. The van der Waals surface area contributed by atoms with Gasteiger partial charge in [-0.15, -0.1) is 11.8 Å². The summed E-state index contributed by atoms with van der Waals surface area (Å²) in [4.78, 5) is 24.1. The van der Waals surface area contributed by atoms with Gasteiger partial charge in [0, 0.05) is 29.1 Å². The van der Waals surface area contributed by atoms with Gasteiger partial charge in [0.25, 0.3) is 0 Å². The molecule has 0 saturated carbocycles. The number of benzene rings is 1. The van der Waals surface area contributed by atoms with Crippen molar-refractivity contribution in [2.24, 2.45) is 0 Å². The molecule has 0 spiro atoms. The molecule has 0 aliphatic rings. The number of hydrogen-bond donors (Lipinski definition) is 3. The molecule has 3 rings (SSSR count). The largest absolute Gasteiger partial charge is 0.480 e. The molecule has 136 valence electrons. The molecule has 0 atom stereocenters. The molecule has 0 saturated heterocycles. The van der Waals surface area contributed by atoms with Crippen molar-refractivity contribution in [3.8, 4) is 0 Å². The molecule has 8 heteroatoms. The second-order valence-electron chi connectivity index (χ2n) is 5.65. The van der Waals surface area contributed by atoms with Gasteiger partial charge in [-0.1, -0.05) is 23.9 Å². The fraction of sp³-hybridized carbons (Fsp3) is 0.278. The minimum Gasteiger partial charge on any atom is -0.480 e. The van der Waals surface area contributed by atoms with E-state index in [4.69, 9.17) is 5.11 Å². The Labute approximate surface area is 160 Å². The van der Waals surface area contributed by atoms with E-state index >= 15 is 0 Å². The van der Waals surface area contributed by atoms with Crippen molar-refractivity contribution < 1.29 is 9.90 Å². The molecule has 0 radical (unpaired) electrons. The number of thioether (sulfide) groups is 2. The van der Waals surface area contributed by atoms with Gasteiger partial charge >= 0.3 is 5.97 Å². The fourth-order valence-electron chi connectivity index (χ4n) is 2.42. The van der Waals surface area contributed by atoms with E-state index in [9.17, 15) is 4.79 Å². The summed E-state index contributed by atoms with van der Waals surface area (Å²) in [6, 6.07) is 10.00. The molecule has 0 aliphatic heterocycles. The lowest BCUT2D eigenvalue weighted by Crippen LogP contribution is -2.24. The molecule has 0 aliphatic carbocycles. The topological polar surface area (TPSA) is 90.9 Å². The Hall–Kier alpha value is -2.03. The maximum atomic E-state index is 10.5. The molecule has 0 amide bonds. The average molecular weight is 389 g/mol. The zero-order valence-electron chi connectivity index (χ0n) is 14.4. The summed E-state index contributed by atoms with van der Waals surface area (Å²) in [5.74, 6) is 0.728. The number of H-pyrrole nitrogens is 1. The number of para-hydroxylation sites is 2. The lowest BCUT2D eigenvalue weighted by molar-refractivity contribution is -0.135. The zero-order chi connectivity index (χ0) is 18.4. The number of pyridine rings is 1. The molecule has 3 aromatic rings. The van der Waals surface area contributed by atoms with Gasteiger partial charge in [0.1, 0.15) is 0 Å². The third kappa shape index (κ3) is 5.00. The summed E-state index contributed by atoms with van der Waals surface area (Å²) in [5.41, 5.74) is 4.22. The number of aliphatic carboxylic acids is 1. The van der Waals surface area contributed by atoms with Crippen molar-refractivity contribution in [2.45, 2.75) is 22.7 Å². The van der Waals surface area contributed by atoms with Crippen molar-refractivity contribution in [3.05, 3.63) is 47.8 Å². The smallest absolute Gasteiger partial charge is 0.317 e. The minimum absolute atomic E-state index is 0.00468. The first-order chi connectivity index (χ1) is 12.6. The van der Waals surface area contributed by atoms with E-state index in [0.717, 1.165) is 33.4 Å². The molecular formula is C18H20N4O2S2. The van der Waals surface area contributed by atoms with E-state index in [-0.39, 0.29) is 6.54 Å². The third-order valence-electron chi connectivity index (χ3n) is 3.78. The predicted molar refractivity (Wildman–Crippen MR) is 106 cm³/mol. The van der Waals surface area contributed by atoms with Crippen LogP contribution in [0.5, 0.6) is 0 Å². The SMILES string of the molecule is Cc1c(SCCNCC(=O)O)ccnc1CSc1nc2ccccc2[nH]1. The monoisotopic (exact) mass is 388 g/mol. The van der Waals surface area contributed by atoms with Crippen LogP contribution in [0.4, 0.5) is 0 Å². The minimum atomic E-state index is -0.833. The normalized spacial score (nSPS) is 11.1. The number of fused-ring (bicyclic) bond motifs is 1. The molecule has 2 aromatic heterocycles. The summed E-state index contributed by atoms with van der Waals surface area (Å²) < 4.78 is 0. The quantitative estimate of drug-likeness (QED) is 0.383. The second-order valence-corrected chi connectivity index (χ2v) is 7.75. The van der Waals surface area contributed by atoms with Gasteiger partial charge in [-0.2, -0.15) is 0 Å². The maximum Gasteiger partial charge on any atom is 0.317 e. The molecule has 26 heavy (non-hydrogen) atoms. The van der Waals surface area contributed by atoms with Gasteiger partial charge in [0.05, 0.1) is 23.3 Å². The number of carbonyl (C=O) groups is 1. The summed E-state index contributed by atoms with van der Waals surface area (Å²) in [6.07, 6.45) is 1.83. The first-order valence-corrected chi connectivity index (χ1v) is 10.2.